The van der Waals surface area contributed by atoms with Crippen molar-refractivity contribution in [1.29, 1.82) is 0 Å². The van der Waals surface area contributed by atoms with Gasteiger partial charge >= 0.3 is 17.8 Å². The number of likely N-dealkylation sites (tertiary alicyclic amines) is 2. The van der Waals surface area contributed by atoms with Gasteiger partial charge in [0.05, 0.1) is 29.8 Å². The van der Waals surface area contributed by atoms with E-state index in [1.807, 2.05) is 102 Å². The first kappa shape index (κ1) is 40.5. The lowest BCUT2D eigenvalue weighted by Gasteiger charge is -2.44. The Bertz CT molecular complexity index is 2340. The number of piperidine rings is 1. The normalized spacial score (nSPS) is 23.1. The number of aromatic nitrogens is 2. The van der Waals surface area contributed by atoms with Gasteiger partial charge in [-0.2, -0.15) is 13.2 Å². The van der Waals surface area contributed by atoms with Crippen LogP contribution in [0.15, 0.2) is 102 Å². The molecule has 8 rings (SSSR count). The van der Waals surface area contributed by atoms with Crippen LogP contribution in [0.3, 0.4) is 0 Å². The van der Waals surface area contributed by atoms with Crippen molar-refractivity contribution in [2.24, 2.45) is 5.92 Å². The van der Waals surface area contributed by atoms with E-state index >= 15 is 0 Å². The number of hydrogen-bond acceptors (Lipinski definition) is 7. The Morgan fingerprint density at radius 3 is 2.32 bits per heavy atom. The molecule has 3 N–H and O–H groups in total. The van der Waals surface area contributed by atoms with Gasteiger partial charge in [-0.1, -0.05) is 79.7 Å². The molecule has 3 fully saturated rings. The molecule has 0 saturated carbocycles. The van der Waals surface area contributed by atoms with Crippen LogP contribution in [0.4, 0.5) is 13.2 Å². The number of aliphatic hydroxyl groups is 1. The number of fused-ring (bicyclic) bond motifs is 1. The SMILES string of the molecule is CC1C(CN2CCC(n3c(=O)[nH]c4ccccc43)CC2)OC(c2cccc(-c3cccc(CNC(=O)C4CCCN4C(=O)C(F)(F)F)c3)c2)OC1c1ccc(CO)cc1. The molecule has 4 aromatic carbocycles. The number of aliphatic hydroxyl groups excluding tert-OH is 1. The number of ether oxygens (including phenoxy) is 2. The topological polar surface area (TPSA) is 129 Å². The highest BCUT2D eigenvalue weighted by Crippen LogP contribution is 2.43. The van der Waals surface area contributed by atoms with Crippen LogP contribution < -0.4 is 11.0 Å². The molecule has 59 heavy (non-hydrogen) atoms. The number of benzene rings is 4. The molecule has 2 amide bonds. The van der Waals surface area contributed by atoms with Crippen molar-refractivity contribution in [3.63, 3.8) is 0 Å². The fourth-order valence-corrected chi connectivity index (χ4v) is 8.86. The number of H-pyrrole nitrogens is 1. The van der Waals surface area contributed by atoms with Crippen LogP contribution in [0.2, 0.25) is 0 Å². The van der Waals surface area contributed by atoms with Gasteiger partial charge in [0.15, 0.2) is 6.29 Å². The van der Waals surface area contributed by atoms with E-state index in [0.717, 1.165) is 70.3 Å². The minimum atomic E-state index is -5.04. The maximum absolute atomic E-state index is 13.1. The average molecular weight is 812 g/mol. The highest BCUT2D eigenvalue weighted by Gasteiger charge is 2.47. The van der Waals surface area contributed by atoms with Gasteiger partial charge in [0.2, 0.25) is 5.91 Å². The highest BCUT2D eigenvalue weighted by atomic mass is 19.4. The van der Waals surface area contributed by atoms with Crippen LogP contribution in [0.25, 0.3) is 22.2 Å². The molecule has 3 aliphatic heterocycles. The molecule has 0 aliphatic carbocycles. The van der Waals surface area contributed by atoms with Gasteiger partial charge in [-0.05, 0) is 77.8 Å². The lowest BCUT2D eigenvalue weighted by molar-refractivity contribution is -0.276. The Labute approximate surface area is 339 Å². The predicted octanol–water partition coefficient (Wildman–Crippen LogP) is 6.79. The first-order valence-corrected chi connectivity index (χ1v) is 20.2. The summed E-state index contributed by atoms with van der Waals surface area (Å²) in [5.74, 6) is -2.62. The minimum absolute atomic E-state index is 0.0156. The van der Waals surface area contributed by atoms with E-state index < -0.39 is 30.3 Å². The molecular formula is C45H48F3N5O6. The second kappa shape index (κ2) is 17.1. The van der Waals surface area contributed by atoms with E-state index in [1.54, 1.807) is 0 Å². The Morgan fingerprint density at radius 1 is 0.847 bits per heavy atom. The van der Waals surface area contributed by atoms with Gasteiger partial charge in [0.1, 0.15) is 6.04 Å². The maximum atomic E-state index is 13.1. The number of hydrogen-bond donors (Lipinski definition) is 3. The summed E-state index contributed by atoms with van der Waals surface area (Å²) >= 11 is 0. The predicted molar refractivity (Wildman–Crippen MR) is 215 cm³/mol. The molecule has 5 atom stereocenters. The Balaban J connectivity index is 0.974. The monoisotopic (exact) mass is 811 g/mol. The molecule has 0 bridgehead atoms. The second-order valence-corrected chi connectivity index (χ2v) is 15.9. The summed E-state index contributed by atoms with van der Waals surface area (Å²) < 4.78 is 54.9. The highest BCUT2D eigenvalue weighted by molar-refractivity contribution is 5.90. The molecule has 1 aromatic heterocycles. The second-order valence-electron chi connectivity index (χ2n) is 15.9. The summed E-state index contributed by atoms with van der Waals surface area (Å²) in [7, 11) is 0. The first-order valence-electron chi connectivity index (χ1n) is 20.2. The van der Waals surface area contributed by atoms with E-state index in [4.69, 9.17) is 9.47 Å². The number of nitrogens with zero attached hydrogens (tertiary/aromatic N) is 3. The first-order chi connectivity index (χ1) is 28.5. The van der Waals surface area contributed by atoms with Crippen LogP contribution in [0.1, 0.15) is 73.3 Å². The molecule has 5 unspecified atom stereocenters. The van der Waals surface area contributed by atoms with Crippen molar-refractivity contribution in [3.8, 4) is 11.1 Å². The number of imidazole rings is 1. The molecule has 3 aliphatic rings. The number of alkyl halides is 3. The van der Waals surface area contributed by atoms with Gasteiger partial charge in [0.25, 0.3) is 0 Å². The third-order valence-electron chi connectivity index (χ3n) is 12.1. The molecule has 0 spiro atoms. The number of carbonyl (C=O) groups excluding carboxylic acids is 2. The molecule has 4 heterocycles. The number of nitrogens with one attached hydrogen (secondary N) is 2. The van der Waals surface area contributed by atoms with Crippen LogP contribution in [0, 0.1) is 5.92 Å². The summed E-state index contributed by atoms with van der Waals surface area (Å²) in [6.45, 7) is 4.35. The van der Waals surface area contributed by atoms with Crippen LogP contribution in [-0.4, -0.2) is 80.8 Å². The van der Waals surface area contributed by atoms with Gasteiger partial charge in [-0.3, -0.25) is 14.2 Å². The van der Waals surface area contributed by atoms with Crippen molar-refractivity contribution in [2.75, 3.05) is 26.2 Å². The Morgan fingerprint density at radius 2 is 1.58 bits per heavy atom. The third-order valence-corrected chi connectivity index (χ3v) is 12.1. The standard InChI is InChI=1S/C45H48F3N5O6/c1-28-39(26-51-21-18-35(19-22-51)53-37-12-3-2-11-36(37)50-44(53)57)58-42(59-40(28)31-16-14-29(27-54)15-17-31)34-10-5-9-33(24-34)32-8-4-7-30(23-32)25-49-41(55)38-13-6-20-52(38)43(56)45(46,47)48/h2-5,7-12,14-17,23-24,28,35,38-40,42,54H,6,13,18-22,25-27H2,1H3,(H,49,55)(H,50,57). The van der Waals surface area contributed by atoms with E-state index in [2.05, 4.69) is 22.1 Å². The van der Waals surface area contributed by atoms with Crippen molar-refractivity contribution in [2.45, 2.75) is 82.5 Å². The van der Waals surface area contributed by atoms with Crippen LogP contribution in [-0.2, 0) is 32.2 Å². The van der Waals surface area contributed by atoms with E-state index in [-0.39, 0.29) is 56.0 Å². The smallest absolute Gasteiger partial charge is 0.392 e. The van der Waals surface area contributed by atoms with Crippen molar-refractivity contribution < 1.29 is 37.3 Å². The molecular weight excluding hydrogens is 764 g/mol. The molecule has 3 saturated heterocycles. The van der Waals surface area contributed by atoms with Gasteiger partial charge in [-0.25, -0.2) is 4.79 Å². The van der Waals surface area contributed by atoms with Crippen molar-refractivity contribution in [1.82, 2.24) is 24.7 Å². The number of halogens is 3. The summed E-state index contributed by atoms with van der Waals surface area (Å²) in [4.78, 5) is 43.8. The summed E-state index contributed by atoms with van der Waals surface area (Å²) in [6, 6.07) is 30.0. The fraction of sp³-hybridized carbons (Fsp3) is 0.400. The van der Waals surface area contributed by atoms with Crippen molar-refractivity contribution >= 4 is 22.8 Å². The van der Waals surface area contributed by atoms with E-state index in [0.29, 0.717) is 17.9 Å². The summed E-state index contributed by atoms with van der Waals surface area (Å²) in [5, 5.41) is 12.4. The van der Waals surface area contributed by atoms with Crippen LogP contribution in [0.5, 0.6) is 0 Å². The van der Waals surface area contributed by atoms with Gasteiger partial charge < -0.3 is 34.7 Å². The van der Waals surface area contributed by atoms with Crippen LogP contribution >= 0.6 is 0 Å². The number of amides is 2. The summed E-state index contributed by atoms with van der Waals surface area (Å²) in [6.07, 6.45) is -4.07. The Hall–Kier alpha value is -5.28. The lowest BCUT2D eigenvalue weighted by Crippen LogP contribution is -2.50. The van der Waals surface area contributed by atoms with E-state index in [1.165, 1.54) is 0 Å². The number of aromatic amines is 1. The molecule has 5 aromatic rings. The number of rotatable bonds is 10. The van der Waals surface area contributed by atoms with Gasteiger partial charge in [-0.15, -0.1) is 0 Å². The zero-order valence-corrected chi connectivity index (χ0v) is 32.7. The molecule has 14 heteroatoms. The zero-order valence-electron chi connectivity index (χ0n) is 32.7. The third kappa shape index (κ3) is 8.72. The quantitative estimate of drug-likeness (QED) is 0.142. The number of carbonyl (C=O) groups is 2. The molecule has 310 valence electrons. The zero-order chi connectivity index (χ0) is 41.3. The van der Waals surface area contributed by atoms with Crippen molar-refractivity contribution in [3.05, 3.63) is 130 Å². The van der Waals surface area contributed by atoms with Gasteiger partial charge in [0, 0.05) is 50.2 Å². The maximum Gasteiger partial charge on any atom is 0.471 e. The lowest BCUT2D eigenvalue weighted by atomic mass is 9.89. The Kier molecular flexibility index (Phi) is 11.8. The molecule has 11 nitrogen and oxygen atoms in total. The largest absolute Gasteiger partial charge is 0.471 e. The summed E-state index contributed by atoms with van der Waals surface area (Å²) in [5.41, 5.74) is 6.80. The average Bonchev–Trinajstić information content (AvgIpc) is 3.88. The van der Waals surface area contributed by atoms with E-state index in [9.17, 15) is 32.7 Å². The molecule has 0 radical (unpaired) electrons. The minimum Gasteiger partial charge on any atom is -0.392 e. The number of para-hydroxylation sites is 2. The fourth-order valence-electron chi connectivity index (χ4n) is 8.86.